The summed E-state index contributed by atoms with van der Waals surface area (Å²) in [5.74, 6) is 0.629. The zero-order valence-corrected chi connectivity index (χ0v) is 15.3. The summed E-state index contributed by atoms with van der Waals surface area (Å²) in [5, 5.41) is 0. The van der Waals surface area contributed by atoms with Gasteiger partial charge < -0.3 is 0 Å². The second-order valence-electron chi connectivity index (χ2n) is 6.60. The first-order valence-corrected chi connectivity index (χ1v) is 9.51. The third-order valence-electron chi connectivity index (χ3n) is 4.02. The van der Waals surface area contributed by atoms with Gasteiger partial charge in [0.2, 0.25) is 0 Å². The van der Waals surface area contributed by atoms with Gasteiger partial charge in [0, 0.05) is 12.3 Å². The summed E-state index contributed by atoms with van der Waals surface area (Å²) in [5.41, 5.74) is 0. The Morgan fingerprint density at radius 2 is 1.32 bits per heavy atom. The third-order valence-corrected chi connectivity index (χ3v) is 4.02. The Labute approximate surface area is 139 Å². The van der Waals surface area contributed by atoms with E-state index in [4.69, 9.17) is 0 Å². The van der Waals surface area contributed by atoms with E-state index in [9.17, 15) is 4.79 Å². The van der Waals surface area contributed by atoms with Crippen molar-refractivity contribution in [1.29, 1.82) is 0 Å². The largest absolute Gasteiger partial charge is 0.299 e. The maximum absolute atomic E-state index is 11.5. The van der Waals surface area contributed by atoms with Crippen LogP contribution >= 0.6 is 0 Å². The highest BCUT2D eigenvalue weighted by atomic mass is 16.1. The average Bonchev–Trinajstić information content (AvgIpc) is 2.50. The number of allylic oxidation sites excluding steroid dienone is 4. The summed E-state index contributed by atoms with van der Waals surface area (Å²) in [4.78, 5) is 11.5. The van der Waals surface area contributed by atoms with Crippen molar-refractivity contribution in [3.8, 4) is 0 Å². The number of unbranched alkanes of at least 4 members (excludes halogenated alkanes) is 8. The number of carbonyl (C=O) groups excluding carboxylic acids is 1. The molecule has 0 unspecified atom stereocenters. The van der Waals surface area contributed by atoms with Crippen molar-refractivity contribution in [2.45, 2.75) is 97.8 Å². The quantitative estimate of drug-likeness (QED) is 0.234. The Balaban J connectivity index is 3.27. The smallest absolute Gasteiger partial charge is 0.135 e. The molecular formula is C21H38O. The van der Waals surface area contributed by atoms with E-state index in [-0.39, 0.29) is 5.92 Å². The molecule has 0 radical (unpaired) electrons. The van der Waals surface area contributed by atoms with Gasteiger partial charge >= 0.3 is 0 Å². The first-order valence-electron chi connectivity index (χ1n) is 9.51. The van der Waals surface area contributed by atoms with Crippen LogP contribution in [0.1, 0.15) is 97.8 Å². The molecule has 0 saturated carbocycles. The van der Waals surface area contributed by atoms with Gasteiger partial charge in [0.15, 0.2) is 0 Å². The Hall–Kier alpha value is -0.850. The molecule has 0 amide bonds. The molecule has 22 heavy (non-hydrogen) atoms. The molecular weight excluding hydrogens is 268 g/mol. The Kier molecular flexibility index (Phi) is 15.9. The molecule has 0 aromatic rings. The highest BCUT2D eigenvalue weighted by Crippen LogP contribution is 2.09. The van der Waals surface area contributed by atoms with Crippen LogP contribution in [-0.2, 0) is 4.79 Å². The number of hydrogen-bond acceptors (Lipinski definition) is 1. The normalized spacial score (nSPS) is 12.0. The van der Waals surface area contributed by atoms with E-state index in [1.807, 2.05) is 13.8 Å². The van der Waals surface area contributed by atoms with Crippen LogP contribution in [0, 0.1) is 5.92 Å². The van der Waals surface area contributed by atoms with Crippen LogP contribution in [0.2, 0.25) is 0 Å². The van der Waals surface area contributed by atoms with Crippen molar-refractivity contribution in [2.75, 3.05) is 0 Å². The van der Waals surface area contributed by atoms with Gasteiger partial charge in [-0.15, -0.1) is 0 Å². The van der Waals surface area contributed by atoms with E-state index >= 15 is 0 Å². The van der Waals surface area contributed by atoms with Gasteiger partial charge in [-0.1, -0.05) is 77.2 Å². The Morgan fingerprint density at radius 1 is 0.773 bits per heavy atom. The van der Waals surface area contributed by atoms with Crippen molar-refractivity contribution in [2.24, 2.45) is 5.92 Å². The van der Waals surface area contributed by atoms with Crippen LogP contribution in [-0.4, -0.2) is 5.78 Å². The van der Waals surface area contributed by atoms with Crippen LogP contribution in [0.15, 0.2) is 24.3 Å². The highest BCUT2D eigenvalue weighted by Gasteiger charge is 2.05. The van der Waals surface area contributed by atoms with Crippen molar-refractivity contribution in [3.05, 3.63) is 24.3 Å². The molecule has 0 atom stereocenters. The number of hydrogen-bond donors (Lipinski definition) is 0. The van der Waals surface area contributed by atoms with Crippen molar-refractivity contribution in [1.82, 2.24) is 0 Å². The zero-order valence-electron chi connectivity index (χ0n) is 15.3. The molecule has 0 aromatic carbocycles. The first kappa shape index (κ1) is 21.1. The summed E-state index contributed by atoms with van der Waals surface area (Å²) in [7, 11) is 0. The summed E-state index contributed by atoms with van der Waals surface area (Å²) in [6, 6.07) is 0. The lowest BCUT2D eigenvalue weighted by atomic mass is 10.0. The van der Waals surface area contributed by atoms with Crippen LogP contribution in [0.5, 0.6) is 0 Å². The lowest BCUT2D eigenvalue weighted by Gasteiger charge is -2.03. The van der Waals surface area contributed by atoms with Gasteiger partial charge in [-0.2, -0.15) is 0 Å². The van der Waals surface area contributed by atoms with E-state index in [1.165, 1.54) is 57.8 Å². The van der Waals surface area contributed by atoms with E-state index < -0.39 is 0 Å². The van der Waals surface area contributed by atoms with Crippen LogP contribution in [0.3, 0.4) is 0 Å². The molecule has 128 valence electrons. The number of carbonyl (C=O) groups is 1. The fourth-order valence-electron chi connectivity index (χ4n) is 2.40. The van der Waals surface area contributed by atoms with Crippen LogP contribution in [0.25, 0.3) is 0 Å². The van der Waals surface area contributed by atoms with Gasteiger partial charge in [-0.3, -0.25) is 4.79 Å². The monoisotopic (exact) mass is 306 g/mol. The maximum atomic E-state index is 11.5. The first-order chi connectivity index (χ1) is 10.7. The molecule has 0 aliphatic carbocycles. The molecule has 0 spiro atoms. The van der Waals surface area contributed by atoms with E-state index in [1.54, 1.807) is 0 Å². The summed E-state index contributed by atoms with van der Waals surface area (Å²) < 4.78 is 0. The molecule has 0 saturated heterocycles. The molecule has 0 heterocycles. The summed E-state index contributed by atoms with van der Waals surface area (Å²) >= 11 is 0. The van der Waals surface area contributed by atoms with Gasteiger partial charge in [-0.05, 0) is 38.5 Å². The minimum atomic E-state index is 0.211. The van der Waals surface area contributed by atoms with Crippen molar-refractivity contribution >= 4 is 5.78 Å². The molecule has 0 fully saturated rings. The summed E-state index contributed by atoms with van der Waals surface area (Å²) in [6.07, 6.45) is 23.7. The topological polar surface area (TPSA) is 17.1 Å². The SMILES string of the molecule is CCCCCC/C=C\C/C=C\CCCCCCC(=O)C(C)C. The van der Waals surface area contributed by atoms with Crippen LogP contribution in [0.4, 0.5) is 0 Å². The number of rotatable bonds is 15. The Bertz CT molecular complexity index is 299. The van der Waals surface area contributed by atoms with Crippen LogP contribution < -0.4 is 0 Å². The molecule has 0 aromatic heterocycles. The number of ketones is 1. The van der Waals surface area contributed by atoms with Gasteiger partial charge in [0.25, 0.3) is 0 Å². The molecule has 1 heteroatoms. The molecule has 0 rings (SSSR count). The van der Waals surface area contributed by atoms with E-state index in [2.05, 4.69) is 31.2 Å². The molecule has 0 aliphatic heterocycles. The highest BCUT2D eigenvalue weighted by molar-refractivity contribution is 5.80. The van der Waals surface area contributed by atoms with E-state index in [0.29, 0.717) is 5.78 Å². The van der Waals surface area contributed by atoms with Crippen molar-refractivity contribution in [3.63, 3.8) is 0 Å². The van der Waals surface area contributed by atoms with E-state index in [0.717, 1.165) is 19.3 Å². The fraction of sp³-hybridized carbons (Fsp3) is 0.762. The lowest BCUT2D eigenvalue weighted by Crippen LogP contribution is -2.05. The predicted molar refractivity (Wildman–Crippen MR) is 99.2 cm³/mol. The minimum Gasteiger partial charge on any atom is -0.299 e. The summed E-state index contributed by atoms with van der Waals surface area (Å²) in [6.45, 7) is 6.24. The maximum Gasteiger partial charge on any atom is 0.135 e. The standard InChI is InChI=1S/C21H38O/c1-4-5-6-7-8-9-10-11-12-13-14-15-16-17-18-19-21(22)20(2)3/h9-10,12-13,20H,4-8,11,14-19H2,1-3H3/b10-9-,13-12-. The minimum absolute atomic E-state index is 0.211. The molecule has 1 nitrogen and oxygen atoms in total. The van der Waals surface area contributed by atoms with Crippen molar-refractivity contribution < 1.29 is 4.79 Å². The van der Waals surface area contributed by atoms with Gasteiger partial charge in [0.05, 0.1) is 0 Å². The predicted octanol–water partition coefficient (Wildman–Crippen LogP) is 7.03. The number of Topliss-reactive ketones (excluding diaryl/α,β-unsaturated/α-hetero) is 1. The fourth-order valence-corrected chi connectivity index (χ4v) is 2.40. The molecule has 0 aliphatic rings. The zero-order chi connectivity index (χ0) is 16.5. The second-order valence-corrected chi connectivity index (χ2v) is 6.60. The molecule has 0 bridgehead atoms. The van der Waals surface area contributed by atoms with Gasteiger partial charge in [0.1, 0.15) is 5.78 Å². The Morgan fingerprint density at radius 3 is 1.86 bits per heavy atom. The average molecular weight is 307 g/mol. The third kappa shape index (κ3) is 15.5. The second kappa shape index (κ2) is 16.5. The van der Waals surface area contributed by atoms with Gasteiger partial charge in [-0.25, -0.2) is 0 Å². The lowest BCUT2D eigenvalue weighted by molar-refractivity contribution is -0.122. The molecule has 0 N–H and O–H groups in total.